The maximum absolute atomic E-state index is 15.4. The third-order valence-electron chi connectivity index (χ3n) is 5.25. The zero-order chi connectivity index (χ0) is 29.1. The van der Waals surface area contributed by atoms with Crippen molar-refractivity contribution < 1.29 is 26.7 Å². The molecule has 0 spiro atoms. The van der Waals surface area contributed by atoms with Gasteiger partial charge in [-0.15, -0.1) is 15.6 Å². The lowest BCUT2D eigenvalue weighted by Crippen LogP contribution is -2.41. The Kier molecular flexibility index (Phi) is 9.42. The summed E-state index contributed by atoms with van der Waals surface area (Å²) in [5.74, 6) is -1.88. The summed E-state index contributed by atoms with van der Waals surface area (Å²) < 4.78 is 62.1. The zero-order valence-corrected chi connectivity index (χ0v) is 24.7. The minimum absolute atomic E-state index is 0.0412. The number of nitrogens with zero attached hydrogens (tertiary/aromatic N) is 4. The lowest BCUT2D eigenvalue weighted by molar-refractivity contribution is 0.0608. The van der Waals surface area contributed by atoms with Crippen LogP contribution in [0.4, 0.5) is 36.5 Å². The van der Waals surface area contributed by atoms with E-state index in [9.17, 15) is 17.6 Å². The number of ether oxygens (including phenoxy) is 1. The van der Waals surface area contributed by atoms with Crippen LogP contribution in [0.15, 0.2) is 46.1 Å². The minimum Gasteiger partial charge on any atom is -0.443 e. The topological polar surface area (TPSA) is 95.1 Å². The first-order valence-corrected chi connectivity index (χ1v) is 14.4. The van der Waals surface area contributed by atoms with Gasteiger partial charge in [-0.25, -0.2) is 27.0 Å². The van der Waals surface area contributed by atoms with E-state index in [0.717, 1.165) is 23.5 Å². The van der Waals surface area contributed by atoms with E-state index in [2.05, 4.69) is 10.3 Å². The fraction of sp³-hybridized carbons (Fsp3) is 0.360. The summed E-state index contributed by atoms with van der Waals surface area (Å²) in [6.07, 6.45) is -1.25. The summed E-state index contributed by atoms with van der Waals surface area (Å²) in [5, 5.41) is 4.13. The van der Waals surface area contributed by atoms with Gasteiger partial charge in [0.2, 0.25) is 0 Å². The molecule has 3 aromatic rings. The molecule has 0 radical (unpaired) electrons. The van der Waals surface area contributed by atoms with Crippen molar-refractivity contribution in [1.82, 2.24) is 9.88 Å². The summed E-state index contributed by atoms with van der Waals surface area (Å²) in [5.41, 5.74) is 1.25. The molecular weight excluding hydrogens is 572 g/mol. The standard InChI is InChI=1S/C25H30ClF2N5O4S2/c1-25(2,3)37-24(34)33(23-14-38-15-29-23)39(35,36)22-12-17(26)20(13-18(22)28)30-19-8-7-16(27)11-21(19)32(6)10-9-31(4)5/h7-8,11-15,30H,9-10H2,1-6H3. The Morgan fingerprint density at radius 1 is 1.10 bits per heavy atom. The van der Waals surface area contributed by atoms with Crippen molar-refractivity contribution in [3.63, 3.8) is 0 Å². The number of sulfonamides is 1. The molecule has 1 heterocycles. The van der Waals surface area contributed by atoms with Crippen molar-refractivity contribution in [2.24, 2.45) is 0 Å². The highest BCUT2D eigenvalue weighted by molar-refractivity contribution is 7.93. The van der Waals surface area contributed by atoms with Crippen LogP contribution in [0, 0.1) is 11.6 Å². The van der Waals surface area contributed by atoms with Gasteiger partial charge in [-0.3, -0.25) is 0 Å². The van der Waals surface area contributed by atoms with E-state index in [4.69, 9.17) is 16.3 Å². The quantitative estimate of drug-likeness (QED) is 0.322. The van der Waals surface area contributed by atoms with Gasteiger partial charge in [0.25, 0.3) is 10.0 Å². The number of anilines is 4. The molecule has 0 aliphatic rings. The van der Waals surface area contributed by atoms with Gasteiger partial charge in [-0.05, 0) is 59.1 Å². The molecule has 0 atom stereocenters. The molecule has 0 saturated carbocycles. The predicted molar refractivity (Wildman–Crippen MR) is 151 cm³/mol. The summed E-state index contributed by atoms with van der Waals surface area (Å²) in [6.45, 7) is 5.96. The van der Waals surface area contributed by atoms with Crippen molar-refractivity contribution in [1.29, 1.82) is 0 Å². The van der Waals surface area contributed by atoms with Gasteiger partial charge in [0.1, 0.15) is 22.1 Å². The number of amides is 1. The van der Waals surface area contributed by atoms with E-state index in [1.165, 1.54) is 29.1 Å². The molecule has 2 aromatic carbocycles. The molecule has 0 saturated heterocycles. The monoisotopic (exact) mass is 601 g/mol. The first-order valence-electron chi connectivity index (χ1n) is 11.7. The van der Waals surface area contributed by atoms with Crippen molar-refractivity contribution in [3.8, 4) is 0 Å². The van der Waals surface area contributed by atoms with Crippen molar-refractivity contribution in [2.45, 2.75) is 31.3 Å². The molecule has 39 heavy (non-hydrogen) atoms. The smallest absolute Gasteiger partial charge is 0.430 e. The van der Waals surface area contributed by atoms with E-state index >= 15 is 4.39 Å². The molecule has 212 valence electrons. The van der Waals surface area contributed by atoms with Crippen LogP contribution in [0.25, 0.3) is 0 Å². The van der Waals surface area contributed by atoms with Crippen LogP contribution in [0.1, 0.15) is 20.8 Å². The lowest BCUT2D eigenvalue weighted by atomic mass is 10.2. The Balaban J connectivity index is 2.00. The number of aromatic nitrogens is 1. The zero-order valence-electron chi connectivity index (χ0n) is 22.3. The van der Waals surface area contributed by atoms with Crippen molar-refractivity contribution in [3.05, 3.63) is 57.9 Å². The van der Waals surface area contributed by atoms with Gasteiger partial charge in [-0.2, -0.15) is 0 Å². The number of rotatable bonds is 9. The Hall–Kier alpha value is -3.00. The second-order valence-corrected chi connectivity index (χ2v) is 12.8. The number of carbonyl (C=O) groups excluding carboxylic acids is 1. The normalized spacial score (nSPS) is 11.9. The van der Waals surface area contributed by atoms with E-state index in [0.29, 0.717) is 28.8 Å². The maximum atomic E-state index is 15.4. The number of thiazole rings is 1. The van der Waals surface area contributed by atoms with Gasteiger partial charge in [-0.1, -0.05) is 11.6 Å². The van der Waals surface area contributed by atoms with Crippen LogP contribution in [-0.4, -0.2) is 64.2 Å². The first kappa shape index (κ1) is 30.5. The second-order valence-electron chi connectivity index (χ2n) is 9.87. The Morgan fingerprint density at radius 3 is 2.38 bits per heavy atom. The summed E-state index contributed by atoms with van der Waals surface area (Å²) in [6, 6.07) is 5.84. The van der Waals surface area contributed by atoms with E-state index in [1.807, 2.05) is 23.9 Å². The number of nitrogens with one attached hydrogen (secondary N) is 1. The van der Waals surface area contributed by atoms with Crippen LogP contribution in [0.3, 0.4) is 0 Å². The van der Waals surface area contributed by atoms with Crippen LogP contribution < -0.4 is 14.5 Å². The molecule has 1 N–H and O–H groups in total. The van der Waals surface area contributed by atoms with Crippen molar-refractivity contribution >= 4 is 61.9 Å². The Morgan fingerprint density at radius 2 is 1.79 bits per heavy atom. The molecule has 0 aliphatic heterocycles. The molecule has 1 amide bonds. The number of likely N-dealkylation sites (N-methyl/N-ethyl adjacent to an activating group) is 2. The second kappa shape index (κ2) is 12.0. The van der Waals surface area contributed by atoms with Gasteiger partial charge < -0.3 is 19.9 Å². The number of hydrogen-bond donors (Lipinski definition) is 1. The summed E-state index contributed by atoms with van der Waals surface area (Å²) in [4.78, 5) is 19.7. The third-order valence-corrected chi connectivity index (χ3v) is 7.82. The Bertz CT molecular complexity index is 1430. The van der Waals surface area contributed by atoms with E-state index in [-0.39, 0.29) is 16.5 Å². The lowest BCUT2D eigenvalue weighted by Gasteiger charge is -2.26. The molecule has 0 aliphatic carbocycles. The minimum atomic E-state index is -4.83. The number of benzene rings is 2. The van der Waals surface area contributed by atoms with Crippen LogP contribution in [-0.2, 0) is 14.8 Å². The van der Waals surface area contributed by atoms with E-state index < -0.39 is 38.2 Å². The highest BCUT2D eigenvalue weighted by Crippen LogP contribution is 2.36. The Labute approximate surface area is 236 Å². The average molecular weight is 602 g/mol. The van der Waals surface area contributed by atoms with Gasteiger partial charge in [0.05, 0.1) is 27.6 Å². The molecule has 0 unspecified atom stereocenters. The van der Waals surface area contributed by atoms with Crippen LogP contribution in [0.2, 0.25) is 5.02 Å². The molecule has 0 bridgehead atoms. The molecule has 1 aromatic heterocycles. The fourth-order valence-electron chi connectivity index (χ4n) is 3.39. The van der Waals surface area contributed by atoms with Crippen molar-refractivity contribution in [2.75, 3.05) is 48.8 Å². The highest BCUT2D eigenvalue weighted by atomic mass is 35.5. The van der Waals surface area contributed by atoms with Crippen LogP contribution in [0.5, 0.6) is 0 Å². The van der Waals surface area contributed by atoms with Crippen LogP contribution >= 0.6 is 22.9 Å². The number of carbonyl (C=O) groups is 1. The average Bonchev–Trinajstić information content (AvgIpc) is 3.33. The number of halogens is 3. The largest absolute Gasteiger partial charge is 0.443 e. The summed E-state index contributed by atoms with van der Waals surface area (Å²) in [7, 11) is 0.779. The third kappa shape index (κ3) is 7.56. The molecule has 9 nitrogen and oxygen atoms in total. The van der Waals surface area contributed by atoms with Gasteiger partial charge in [0, 0.05) is 31.6 Å². The van der Waals surface area contributed by atoms with E-state index in [1.54, 1.807) is 27.8 Å². The molecule has 14 heteroatoms. The molecular formula is C25H30ClF2N5O4S2. The fourth-order valence-corrected chi connectivity index (χ4v) is 5.60. The highest BCUT2D eigenvalue weighted by Gasteiger charge is 2.38. The first-order chi connectivity index (χ1) is 18.1. The molecule has 0 fully saturated rings. The SMILES string of the molecule is CN(C)CCN(C)c1cc(F)ccc1Nc1cc(F)c(S(=O)(=O)N(C(=O)OC(C)(C)C)c2cscn2)cc1Cl. The van der Waals surface area contributed by atoms with Gasteiger partial charge >= 0.3 is 6.09 Å². The molecule has 3 rings (SSSR count). The summed E-state index contributed by atoms with van der Waals surface area (Å²) >= 11 is 7.45. The predicted octanol–water partition coefficient (Wildman–Crippen LogP) is 5.95. The number of hydrogen-bond acceptors (Lipinski definition) is 9. The van der Waals surface area contributed by atoms with Gasteiger partial charge in [0.15, 0.2) is 5.82 Å². The maximum Gasteiger partial charge on any atom is 0.430 e.